The van der Waals surface area contributed by atoms with Crippen LogP contribution in [-0.4, -0.2) is 37.1 Å². The highest BCUT2D eigenvalue weighted by atomic mass is 35.5. The molecule has 2 atom stereocenters. The standard InChI is InChI=1S/C21H29NO2.ClH/c1-4-15-21(16-9-8-12-19(21)17-22(2)3)24-20(23)14-13-18-10-6-5-7-11-18;/h4-7,10-11,13-14,19H,1,8-9,12,15-17H2,2-3H3;1H/b14-13+;. The van der Waals surface area contributed by atoms with Crippen LogP contribution in [0.25, 0.3) is 6.08 Å². The van der Waals surface area contributed by atoms with Crippen LogP contribution < -0.4 is 0 Å². The van der Waals surface area contributed by atoms with Crippen LogP contribution in [0.1, 0.15) is 37.7 Å². The van der Waals surface area contributed by atoms with Crippen LogP contribution in [0.4, 0.5) is 0 Å². The number of rotatable bonds is 7. The summed E-state index contributed by atoms with van der Waals surface area (Å²) < 4.78 is 6.03. The van der Waals surface area contributed by atoms with Gasteiger partial charge in [0.15, 0.2) is 0 Å². The van der Waals surface area contributed by atoms with Gasteiger partial charge in [-0.25, -0.2) is 4.79 Å². The number of carbonyl (C=O) groups is 1. The second-order valence-corrected chi connectivity index (χ2v) is 6.93. The van der Waals surface area contributed by atoms with E-state index in [9.17, 15) is 4.79 Å². The quantitative estimate of drug-likeness (QED) is 0.398. The summed E-state index contributed by atoms with van der Waals surface area (Å²) >= 11 is 0. The van der Waals surface area contributed by atoms with Crippen molar-refractivity contribution in [3.05, 3.63) is 54.6 Å². The first-order valence-electron chi connectivity index (χ1n) is 8.77. The van der Waals surface area contributed by atoms with E-state index in [0.717, 1.165) is 37.8 Å². The van der Waals surface area contributed by atoms with Gasteiger partial charge in [-0.2, -0.15) is 0 Å². The Kier molecular flexibility index (Phi) is 8.95. The predicted molar refractivity (Wildman–Crippen MR) is 107 cm³/mol. The van der Waals surface area contributed by atoms with E-state index in [2.05, 4.69) is 25.6 Å². The molecule has 0 radical (unpaired) electrons. The summed E-state index contributed by atoms with van der Waals surface area (Å²) in [4.78, 5) is 14.6. The first-order chi connectivity index (χ1) is 11.6. The van der Waals surface area contributed by atoms with Gasteiger partial charge in [0, 0.05) is 25.0 Å². The van der Waals surface area contributed by atoms with Crippen molar-refractivity contribution in [1.82, 2.24) is 4.90 Å². The fourth-order valence-electron chi connectivity index (χ4n) is 3.63. The molecule has 138 valence electrons. The number of hydrogen-bond acceptors (Lipinski definition) is 3. The first kappa shape index (κ1) is 21.5. The lowest BCUT2D eigenvalue weighted by Crippen LogP contribution is -2.48. The van der Waals surface area contributed by atoms with E-state index in [0.29, 0.717) is 5.92 Å². The molecule has 0 spiro atoms. The molecule has 1 aromatic carbocycles. The van der Waals surface area contributed by atoms with Gasteiger partial charge >= 0.3 is 5.97 Å². The maximum Gasteiger partial charge on any atom is 0.331 e. The average Bonchev–Trinajstić information content (AvgIpc) is 2.56. The maximum absolute atomic E-state index is 12.4. The van der Waals surface area contributed by atoms with Gasteiger partial charge in [0.2, 0.25) is 0 Å². The number of halogens is 1. The molecule has 0 aliphatic heterocycles. The van der Waals surface area contributed by atoms with E-state index in [1.807, 2.05) is 42.5 Å². The van der Waals surface area contributed by atoms with Crippen LogP contribution >= 0.6 is 12.4 Å². The molecule has 0 saturated heterocycles. The molecule has 3 nitrogen and oxygen atoms in total. The number of hydrogen-bond donors (Lipinski definition) is 0. The highest BCUT2D eigenvalue weighted by Crippen LogP contribution is 2.40. The molecular formula is C21H30ClNO2. The fourth-order valence-corrected chi connectivity index (χ4v) is 3.63. The molecule has 0 N–H and O–H groups in total. The Bertz CT molecular complexity index is 571. The largest absolute Gasteiger partial charge is 0.455 e. The maximum atomic E-state index is 12.4. The van der Waals surface area contributed by atoms with Crippen LogP contribution in [0, 0.1) is 5.92 Å². The van der Waals surface area contributed by atoms with Crippen molar-refractivity contribution in [2.24, 2.45) is 5.92 Å². The summed E-state index contributed by atoms with van der Waals surface area (Å²) in [6, 6.07) is 9.82. The van der Waals surface area contributed by atoms with Crippen molar-refractivity contribution in [2.45, 2.75) is 37.7 Å². The van der Waals surface area contributed by atoms with Gasteiger partial charge in [0.05, 0.1) is 0 Å². The van der Waals surface area contributed by atoms with Gasteiger partial charge in [0.25, 0.3) is 0 Å². The molecule has 1 aromatic rings. The van der Waals surface area contributed by atoms with Crippen LogP contribution in [-0.2, 0) is 9.53 Å². The molecule has 0 bridgehead atoms. The lowest BCUT2D eigenvalue weighted by atomic mass is 9.73. The van der Waals surface area contributed by atoms with E-state index in [4.69, 9.17) is 4.74 Å². The zero-order valence-corrected chi connectivity index (χ0v) is 16.1. The van der Waals surface area contributed by atoms with Crippen molar-refractivity contribution >= 4 is 24.5 Å². The normalized spacial score (nSPS) is 23.2. The van der Waals surface area contributed by atoms with Gasteiger partial charge < -0.3 is 9.64 Å². The molecule has 2 rings (SSSR count). The summed E-state index contributed by atoms with van der Waals surface area (Å²) in [7, 11) is 4.15. The summed E-state index contributed by atoms with van der Waals surface area (Å²) in [6.45, 7) is 4.83. The number of nitrogens with zero attached hydrogens (tertiary/aromatic N) is 1. The van der Waals surface area contributed by atoms with Gasteiger partial charge in [0.1, 0.15) is 5.60 Å². The lowest BCUT2D eigenvalue weighted by Gasteiger charge is -2.44. The minimum atomic E-state index is -0.414. The smallest absolute Gasteiger partial charge is 0.331 e. The number of esters is 1. The lowest BCUT2D eigenvalue weighted by molar-refractivity contribution is -0.165. The van der Waals surface area contributed by atoms with Crippen molar-refractivity contribution in [3.63, 3.8) is 0 Å². The molecule has 4 heteroatoms. The van der Waals surface area contributed by atoms with Crippen LogP contribution in [0.5, 0.6) is 0 Å². The van der Waals surface area contributed by atoms with Gasteiger partial charge in [-0.05, 0) is 45.0 Å². The zero-order valence-electron chi connectivity index (χ0n) is 15.3. The van der Waals surface area contributed by atoms with E-state index >= 15 is 0 Å². The van der Waals surface area contributed by atoms with Gasteiger partial charge in [-0.1, -0.05) is 42.8 Å². The second-order valence-electron chi connectivity index (χ2n) is 6.93. The molecule has 25 heavy (non-hydrogen) atoms. The van der Waals surface area contributed by atoms with E-state index < -0.39 is 5.60 Å². The van der Waals surface area contributed by atoms with Crippen molar-refractivity contribution < 1.29 is 9.53 Å². The Labute approximate surface area is 158 Å². The van der Waals surface area contributed by atoms with E-state index in [-0.39, 0.29) is 18.4 Å². The summed E-state index contributed by atoms with van der Waals surface area (Å²) in [5.41, 5.74) is 0.586. The SMILES string of the molecule is C=CCC1(OC(=O)/C=C/c2ccccc2)CCCCC1CN(C)C.Cl. The topological polar surface area (TPSA) is 29.5 Å². The molecule has 0 amide bonds. The zero-order chi connectivity index (χ0) is 17.4. The monoisotopic (exact) mass is 363 g/mol. The highest BCUT2D eigenvalue weighted by molar-refractivity contribution is 5.87. The minimum absolute atomic E-state index is 0. The average molecular weight is 364 g/mol. The Balaban J connectivity index is 0.00000312. The van der Waals surface area contributed by atoms with E-state index in [1.54, 1.807) is 6.08 Å². The number of carbonyl (C=O) groups excluding carboxylic acids is 1. The minimum Gasteiger partial charge on any atom is -0.455 e. The Morgan fingerprint density at radius 2 is 2.04 bits per heavy atom. The molecule has 1 aliphatic rings. The van der Waals surface area contributed by atoms with Crippen LogP contribution in [0.3, 0.4) is 0 Å². The van der Waals surface area contributed by atoms with Gasteiger partial charge in [-0.3, -0.25) is 0 Å². The molecule has 0 aromatic heterocycles. The van der Waals surface area contributed by atoms with Gasteiger partial charge in [-0.15, -0.1) is 19.0 Å². The Morgan fingerprint density at radius 3 is 2.68 bits per heavy atom. The van der Waals surface area contributed by atoms with Crippen molar-refractivity contribution in [1.29, 1.82) is 0 Å². The summed E-state index contributed by atoms with van der Waals surface area (Å²) in [5, 5.41) is 0. The molecular weight excluding hydrogens is 334 g/mol. The van der Waals surface area contributed by atoms with Crippen LogP contribution in [0.15, 0.2) is 49.1 Å². The van der Waals surface area contributed by atoms with Crippen molar-refractivity contribution in [2.75, 3.05) is 20.6 Å². The molecule has 0 heterocycles. The third-order valence-corrected chi connectivity index (χ3v) is 4.74. The van der Waals surface area contributed by atoms with Crippen molar-refractivity contribution in [3.8, 4) is 0 Å². The number of ether oxygens (including phenoxy) is 1. The Morgan fingerprint density at radius 1 is 1.32 bits per heavy atom. The number of benzene rings is 1. The predicted octanol–water partition coefficient (Wildman–Crippen LogP) is 4.73. The van der Waals surface area contributed by atoms with Crippen LogP contribution in [0.2, 0.25) is 0 Å². The third-order valence-electron chi connectivity index (χ3n) is 4.74. The van der Waals surface area contributed by atoms with E-state index in [1.165, 1.54) is 6.42 Å². The fraction of sp³-hybridized carbons (Fsp3) is 0.476. The molecule has 1 aliphatic carbocycles. The first-order valence-corrected chi connectivity index (χ1v) is 8.77. The summed E-state index contributed by atoms with van der Waals surface area (Å²) in [5.74, 6) is 0.0969. The highest BCUT2D eigenvalue weighted by Gasteiger charge is 2.43. The summed E-state index contributed by atoms with van der Waals surface area (Å²) in [6.07, 6.45) is 10.3. The third kappa shape index (κ3) is 6.33. The molecule has 1 saturated carbocycles. The second kappa shape index (κ2) is 10.4. The molecule has 2 unspecified atom stereocenters. The Hall–Kier alpha value is -1.58. The molecule has 1 fully saturated rings.